The number of carbonyl (C=O) groups is 2. The molecule has 7 heteroatoms. The monoisotopic (exact) mass is 516 g/mol. The molecule has 39 heavy (non-hydrogen) atoms. The van der Waals surface area contributed by atoms with Crippen molar-refractivity contribution in [3.05, 3.63) is 100 Å². The molecule has 7 rings (SSSR count). The predicted molar refractivity (Wildman–Crippen MR) is 151 cm³/mol. The second kappa shape index (κ2) is 9.06. The number of aromatic nitrogens is 1. The van der Waals surface area contributed by atoms with E-state index in [9.17, 15) is 9.59 Å². The van der Waals surface area contributed by atoms with Crippen molar-refractivity contribution in [3.8, 4) is 22.3 Å². The third kappa shape index (κ3) is 3.72. The van der Waals surface area contributed by atoms with Crippen LogP contribution in [0.1, 0.15) is 43.1 Å². The molecule has 0 spiro atoms. The summed E-state index contributed by atoms with van der Waals surface area (Å²) in [5.74, 6) is -0.510. The number of ether oxygens (including phenoxy) is 1. The number of nitrogens with two attached hydrogens (primary N) is 1. The van der Waals surface area contributed by atoms with Crippen molar-refractivity contribution >= 4 is 23.2 Å². The molecule has 1 saturated heterocycles. The molecule has 0 saturated carbocycles. The Hall–Kier alpha value is -4.49. The molecule has 194 valence electrons. The fraction of sp³-hybridized carbons (Fsp3) is 0.219. The van der Waals surface area contributed by atoms with Gasteiger partial charge in [-0.3, -0.25) is 14.6 Å². The highest BCUT2D eigenvalue weighted by atomic mass is 16.5. The highest BCUT2D eigenvalue weighted by molar-refractivity contribution is 6.11. The smallest absolute Gasteiger partial charge is 0.267 e. The van der Waals surface area contributed by atoms with Crippen LogP contribution in [0, 0.1) is 6.92 Å². The summed E-state index contributed by atoms with van der Waals surface area (Å²) >= 11 is 0. The number of morpholine rings is 1. The lowest BCUT2D eigenvalue weighted by Gasteiger charge is -2.29. The second-order valence-corrected chi connectivity index (χ2v) is 10.4. The Kier molecular flexibility index (Phi) is 5.49. The summed E-state index contributed by atoms with van der Waals surface area (Å²) < 4.78 is 5.55. The van der Waals surface area contributed by atoms with Crippen molar-refractivity contribution in [3.63, 3.8) is 0 Å². The zero-order valence-electron chi connectivity index (χ0n) is 21.7. The first-order valence-corrected chi connectivity index (χ1v) is 13.3. The molecule has 2 amide bonds. The molecular formula is C32H28N4O3. The third-order valence-corrected chi connectivity index (χ3v) is 8.23. The summed E-state index contributed by atoms with van der Waals surface area (Å²) in [7, 11) is 0. The molecule has 3 aliphatic rings. The van der Waals surface area contributed by atoms with Crippen LogP contribution in [0.15, 0.2) is 66.9 Å². The van der Waals surface area contributed by atoms with Crippen LogP contribution >= 0.6 is 0 Å². The minimum absolute atomic E-state index is 0.0128. The molecule has 2 aliphatic heterocycles. The molecule has 1 aromatic heterocycles. The van der Waals surface area contributed by atoms with E-state index >= 15 is 0 Å². The number of hydrogen-bond donors (Lipinski definition) is 1. The molecule has 4 aromatic rings. The highest BCUT2D eigenvalue weighted by Gasteiger charge is 2.32. The fourth-order valence-electron chi connectivity index (χ4n) is 6.27. The van der Waals surface area contributed by atoms with Crippen LogP contribution in [-0.2, 0) is 17.7 Å². The number of anilines is 2. The summed E-state index contributed by atoms with van der Waals surface area (Å²) in [5.41, 5.74) is 16.9. The number of pyridine rings is 1. The Bertz CT molecular complexity index is 1670. The topological polar surface area (TPSA) is 88.8 Å². The van der Waals surface area contributed by atoms with E-state index in [1.54, 1.807) is 6.20 Å². The first-order valence-electron chi connectivity index (χ1n) is 13.3. The summed E-state index contributed by atoms with van der Waals surface area (Å²) in [6.45, 7) is 5.69. The van der Waals surface area contributed by atoms with Crippen LogP contribution in [0.2, 0.25) is 0 Å². The Morgan fingerprint density at radius 3 is 2.51 bits per heavy atom. The minimum atomic E-state index is -0.523. The lowest BCUT2D eigenvalue weighted by molar-refractivity contribution is 0.0987. The summed E-state index contributed by atoms with van der Waals surface area (Å²) in [6.07, 6.45) is 2.37. The Morgan fingerprint density at radius 2 is 1.72 bits per heavy atom. The van der Waals surface area contributed by atoms with E-state index in [0.29, 0.717) is 31.9 Å². The second-order valence-electron chi connectivity index (χ2n) is 10.4. The van der Waals surface area contributed by atoms with Crippen LogP contribution in [0.4, 0.5) is 11.4 Å². The van der Waals surface area contributed by atoms with Gasteiger partial charge in [0.1, 0.15) is 5.69 Å². The molecule has 0 radical (unpaired) electrons. The predicted octanol–water partition coefficient (Wildman–Crippen LogP) is 4.72. The highest BCUT2D eigenvalue weighted by Crippen LogP contribution is 2.47. The Labute approximate surface area is 226 Å². The molecular weight excluding hydrogens is 488 g/mol. The van der Waals surface area contributed by atoms with Crippen LogP contribution < -0.4 is 15.5 Å². The zero-order chi connectivity index (χ0) is 26.7. The van der Waals surface area contributed by atoms with Crippen molar-refractivity contribution in [1.29, 1.82) is 0 Å². The molecule has 0 atom stereocenters. The quantitative estimate of drug-likeness (QED) is 0.373. The van der Waals surface area contributed by atoms with Crippen LogP contribution in [0.3, 0.4) is 0 Å². The summed E-state index contributed by atoms with van der Waals surface area (Å²) in [6, 6.07) is 20.3. The van der Waals surface area contributed by atoms with Crippen molar-refractivity contribution in [2.75, 3.05) is 36.1 Å². The van der Waals surface area contributed by atoms with Gasteiger partial charge >= 0.3 is 0 Å². The largest absolute Gasteiger partial charge is 0.378 e. The first kappa shape index (κ1) is 23.6. The molecule has 0 bridgehead atoms. The van der Waals surface area contributed by atoms with Gasteiger partial charge < -0.3 is 20.3 Å². The van der Waals surface area contributed by atoms with Crippen LogP contribution in [-0.4, -0.2) is 43.1 Å². The molecule has 0 unspecified atom stereocenters. The maximum absolute atomic E-state index is 13.3. The van der Waals surface area contributed by atoms with E-state index in [4.69, 9.17) is 10.5 Å². The number of nitrogens with zero attached hydrogens (tertiary/aromatic N) is 3. The van der Waals surface area contributed by atoms with E-state index in [1.165, 1.54) is 0 Å². The van der Waals surface area contributed by atoms with Gasteiger partial charge in [0, 0.05) is 48.2 Å². The molecule has 7 nitrogen and oxygen atoms in total. The van der Waals surface area contributed by atoms with Gasteiger partial charge in [-0.25, -0.2) is 0 Å². The van der Waals surface area contributed by atoms with Gasteiger partial charge in [-0.15, -0.1) is 0 Å². The van der Waals surface area contributed by atoms with Crippen molar-refractivity contribution in [2.24, 2.45) is 5.73 Å². The number of fused-ring (bicyclic) bond motifs is 4. The van der Waals surface area contributed by atoms with Gasteiger partial charge in [0.15, 0.2) is 0 Å². The SMILES string of the molecule is Cc1c(-c2cnc(C(N)=O)c3c2-c2cc(N4CCOCC4)ccc2C3)cccc1N1Cc2ccccc2C1=O. The fourth-order valence-corrected chi connectivity index (χ4v) is 6.27. The first-order chi connectivity index (χ1) is 19.0. The van der Waals surface area contributed by atoms with E-state index in [0.717, 1.165) is 74.5 Å². The van der Waals surface area contributed by atoms with Gasteiger partial charge in [0.2, 0.25) is 0 Å². The third-order valence-electron chi connectivity index (χ3n) is 8.23. The number of amides is 2. The number of rotatable bonds is 4. The number of carbonyl (C=O) groups excluding carboxylic acids is 2. The average molecular weight is 517 g/mol. The van der Waals surface area contributed by atoms with E-state index in [1.807, 2.05) is 41.3 Å². The van der Waals surface area contributed by atoms with E-state index in [2.05, 4.69) is 41.1 Å². The molecule has 1 fully saturated rings. The molecule has 3 heterocycles. The standard InChI is InChI=1S/C32H28N4O3/c1-19-23(7-4-8-28(19)36-18-21-5-2-3-6-24(21)32(36)38)27-17-34-30(31(33)37)26-15-20-9-10-22(16-25(20)29(26)27)35-11-13-39-14-12-35/h2-10,16-17H,11-15,18H2,1H3,(H2,33,37). The average Bonchev–Trinajstić information content (AvgIpc) is 3.51. The normalized spacial score (nSPS) is 15.8. The number of primary amides is 1. The van der Waals surface area contributed by atoms with Gasteiger partial charge in [0.25, 0.3) is 11.8 Å². The molecule has 3 aromatic carbocycles. The minimum Gasteiger partial charge on any atom is -0.378 e. The van der Waals surface area contributed by atoms with Crippen molar-refractivity contribution < 1.29 is 14.3 Å². The summed E-state index contributed by atoms with van der Waals surface area (Å²) in [5, 5.41) is 0. The maximum atomic E-state index is 13.3. The Morgan fingerprint density at radius 1 is 0.923 bits per heavy atom. The van der Waals surface area contributed by atoms with Crippen molar-refractivity contribution in [1.82, 2.24) is 4.98 Å². The molecule has 1 aliphatic carbocycles. The van der Waals surface area contributed by atoms with Gasteiger partial charge in [-0.05, 0) is 70.1 Å². The number of hydrogen-bond acceptors (Lipinski definition) is 5. The van der Waals surface area contributed by atoms with Crippen LogP contribution in [0.5, 0.6) is 0 Å². The van der Waals surface area contributed by atoms with E-state index < -0.39 is 5.91 Å². The summed E-state index contributed by atoms with van der Waals surface area (Å²) in [4.78, 5) is 34.4. The lowest BCUT2D eigenvalue weighted by Crippen LogP contribution is -2.36. The van der Waals surface area contributed by atoms with E-state index in [-0.39, 0.29) is 5.91 Å². The number of benzene rings is 3. The van der Waals surface area contributed by atoms with Gasteiger partial charge in [0.05, 0.1) is 19.8 Å². The Balaban J connectivity index is 1.37. The van der Waals surface area contributed by atoms with Gasteiger partial charge in [-0.1, -0.05) is 36.4 Å². The van der Waals surface area contributed by atoms with Crippen LogP contribution in [0.25, 0.3) is 22.3 Å². The maximum Gasteiger partial charge on any atom is 0.267 e. The lowest BCUT2D eigenvalue weighted by atomic mass is 9.91. The van der Waals surface area contributed by atoms with Gasteiger partial charge in [-0.2, -0.15) is 0 Å². The molecule has 2 N–H and O–H groups in total. The zero-order valence-corrected chi connectivity index (χ0v) is 21.7. The van der Waals surface area contributed by atoms with Crippen molar-refractivity contribution in [2.45, 2.75) is 19.9 Å².